The van der Waals surface area contributed by atoms with Crippen molar-refractivity contribution in [1.82, 2.24) is 0 Å². The first-order valence-corrected chi connectivity index (χ1v) is 5.32. The molecule has 2 aromatic rings. The number of fused-ring (bicyclic) bond motifs is 1. The number of nitrogens with two attached hydrogens (primary N) is 1. The molecular formula is C13H17NO. The zero-order valence-electron chi connectivity index (χ0n) is 9.50. The molecule has 0 fully saturated rings. The number of rotatable bonds is 2. The first-order valence-electron chi connectivity index (χ1n) is 5.32. The minimum absolute atomic E-state index is 0.194. The normalized spacial score (nSPS) is 13.3. The Kier molecular flexibility index (Phi) is 2.53. The first-order chi connectivity index (χ1) is 7.08. The lowest BCUT2D eigenvalue weighted by Crippen LogP contribution is -2.17. The average Bonchev–Trinajstić information content (AvgIpc) is 2.41. The van der Waals surface area contributed by atoms with E-state index in [0.717, 1.165) is 17.8 Å². The maximum absolute atomic E-state index is 5.77. The smallest absolute Gasteiger partial charge is 0.134 e. The van der Waals surface area contributed by atoms with Gasteiger partial charge in [0.05, 0.1) is 0 Å². The Balaban J connectivity index is 2.47. The molecule has 1 aromatic heterocycles. The Morgan fingerprint density at radius 2 is 2.07 bits per heavy atom. The monoisotopic (exact) mass is 203 g/mol. The molecule has 0 saturated heterocycles. The van der Waals surface area contributed by atoms with E-state index in [1.807, 2.05) is 13.8 Å². The standard InChI is InChI=1S/C13H17NO/c1-8(14)6-11-4-5-12-9(2)10(3)15-13(12)7-11/h4-5,7-8H,6,14H2,1-3H3. The molecular weight excluding hydrogens is 186 g/mol. The molecule has 1 aromatic carbocycles. The van der Waals surface area contributed by atoms with E-state index < -0.39 is 0 Å². The third-order valence-electron chi connectivity index (χ3n) is 2.80. The molecule has 0 bridgehead atoms. The Morgan fingerprint density at radius 3 is 2.73 bits per heavy atom. The summed E-state index contributed by atoms with van der Waals surface area (Å²) < 4.78 is 5.68. The molecule has 15 heavy (non-hydrogen) atoms. The maximum atomic E-state index is 5.77. The van der Waals surface area contributed by atoms with Crippen molar-refractivity contribution in [2.45, 2.75) is 33.2 Å². The number of benzene rings is 1. The van der Waals surface area contributed by atoms with Gasteiger partial charge in [-0.25, -0.2) is 0 Å². The summed E-state index contributed by atoms with van der Waals surface area (Å²) in [7, 11) is 0. The number of hydrogen-bond donors (Lipinski definition) is 1. The second-order valence-corrected chi connectivity index (χ2v) is 4.30. The summed E-state index contributed by atoms with van der Waals surface area (Å²) >= 11 is 0. The summed E-state index contributed by atoms with van der Waals surface area (Å²) in [6.07, 6.45) is 0.898. The van der Waals surface area contributed by atoms with Gasteiger partial charge in [-0.1, -0.05) is 12.1 Å². The van der Waals surface area contributed by atoms with Crippen LogP contribution in [0, 0.1) is 13.8 Å². The third kappa shape index (κ3) is 1.90. The van der Waals surface area contributed by atoms with Gasteiger partial charge in [-0.15, -0.1) is 0 Å². The van der Waals surface area contributed by atoms with Crippen LogP contribution in [0.5, 0.6) is 0 Å². The van der Waals surface area contributed by atoms with E-state index >= 15 is 0 Å². The SMILES string of the molecule is Cc1oc2cc(CC(C)N)ccc2c1C. The molecule has 1 heterocycles. The van der Waals surface area contributed by atoms with Crippen molar-refractivity contribution in [3.63, 3.8) is 0 Å². The molecule has 80 valence electrons. The predicted molar refractivity (Wildman–Crippen MR) is 63.0 cm³/mol. The van der Waals surface area contributed by atoms with Crippen LogP contribution in [-0.4, -0.2) is 6.04 Å². The van der Waals surface area contributed by atoms with Gasteiger partial charge in [-0.05, 0) is 44.4 Å². The van der Waals surface area contributed by atoms with Crippen LogP contribution in [0.2, 0.25) is 0 Å². The summed E-state index contributed by atoms with van der Waals surface area (Å²) in [5.41, 5.74) is 9.22. The zero-order valence-corrected chi connectivity index (χ0v) is 9.50. The van der Waals surface area contributed by atoms with Crippen molar-refractivity contribution in [2.75, 3.05) is 0 Å². The summed E-state index contributed by atoms with van der Waals surface area (Å²) in [5.74, 6) is 1.00. The Bertz CT molecular complexity index is 482. The van der Waals surface area contributed by atoms with Gasteiger partial charge in [-0.3, -0.25) is 0 Å². The fraction of sp³-hybridized carbons (Fsp3) is 0.385. The van der Waals surface area contributed by atoms with E-state index in [4.69, 9.17) is 10.2 Å². The van der Waals surface area contributed by atoms with Gasteiger partial charge < -0.3 is 10.2 Å². The molecule has 0 saturated carbocycles. The topological polar surface area (TPSA) is 39.2 Å². The number of aryl methyl sites for hydroxylation is 2. The summed E-state index contributed by atoms with van der Waals surface area (Å²) in [4.78, 5) is 0. The molecule has 0 aliphatic rings. The lowest BCUT2D eigenvalue weighted by atomic mass is 10.0. The van der Waals surface area contributed by atoms with Crippen LogP contribution in [0.4, 0.5) is 0 Å². The van der Waals surface area contributed by atoms with Crippen LogP contribution in [0.3, 0.4) is 0 Å². The van der Waals surface area contributed by atoms with Crippen molar-refractivity contribution in [1.29, 1.82) is 0 Å². The van der Waals surface area contributed by atoms with Crippen LogP contribution in [0.25, 0.3) is 11.0 Å². The highest BCUT2D eigenvalue weighted by molar-refractivity contribution is 5.82. The highest BCUT2D eigenvalue weighted by Gasteiger charge is 2.07. The van der Waals surface area contributed by atoms with E-state index in [0.29, 0.717) is 0 Å². The van der Waals surface area contributed by atoms with Gasteiger partial charge in [0, 0.05) is 11.4 Å². The third-order valence-corrected chi connectivity index (χ3v) is 2.80. The average molecular weight is 203 g/mol. The molecule has 1 atom stereocenters. The van der Waals surface area contributed by atoms with Gasteiger partial charge in [0.25, 0.3) is 0 Å². The predicted octanol–water partition coefficient (Wildman–Crippen LogP) is 2.94. The quantitative estimate of drug-likeness (QED) is 0.815. The van der Waals surface area contributed by atoms with Gasteiger partial charge in [0.1, 0.15) is 11.3 Å². The Hall–Kier alpha value is -1.28. The van der Waals surface area contributed by atoms with E-state index in [9.17, 15) is 0 Å². The largest absolute Gasteiger partial charge is 0.461 e. The van der Waals surface area contributed by atoms with Gasteiger partial charge in [0.2, 0.25) is 0 Å². The highest BCUT2D eigenvalue weighted by atomic mass is 16.3. The van der Waals surface area contributed by atoms with Gasteiger partial charge in [0.15, 0.2) is 0 Å². The molecule has 1 unspecified atom stereocenters. The van der Waals surface area contributed by atoms with Crippen LogP contribution < -0.4 is 5.73 Å². The molecule has 0 spiro atoms. The van der Waals surface area contributed by atoms with Crippen molar-refractivity contribution in [3.05, 3.63) is 35.1 Å². The van der Waals surface area contributed by atoms with Gasteiger partial charge >= 0.3 is 0 Å². The molecule has 0 aliphatic heterocycles. The summed E-state index contributed by atoms with van der Waals surface area (Å²) in [6, 6.07) is 6.55. The van der Waals surface area contributed by atoms with E-state index in [1.165, 1.54) is 16.5 Å². The molecule has 2 rings (SSSR count). The van der Waals surface area contributed by atoms with Crippen molar-refractivity contribution in [3.8, 4) is 0 Å². The van der Waals surface area contributed by atoms with Crippen LogP contribution >= 0.6 is 0 Å². The highest BCUT2D eigenvalue weighted by Crippen LogP contribution is 2.25. The molecule has 2 heteroatoms. The van der Waals surface area contributed by atoms with E-state index in [1.54, 1.807) is 0 Å². The summed E-state index contributed by atoms with van der Waals surface area (Å²) in [6.45, 7) is 6.11. The van der Waals surface area contributed by atoms with Crippen molar-refractivity contribution < 1.29 is 4.42 Å². The molecule has 2 N–H and O–H groups in total. The van der Waals surface area contributed by atoms with Crippen molar-refractivity contribution in [2.24, 2.45) is 5.73 Å². The first kappa shape index (κ1) is 10.2. The molecule has 2 nitrogen and oxygen atoms in total. The molecule has 0 radical (unpaired) electrons. The minimum atomic E-state index is 0.194. The Morgan fingerprint density at radius 1 is 1.33 bits per heavy atom. The summed E-state index contributed by atoms with van der Waals surface area (Å²) in [5, 5.41) is 1.21. The van der Waals surface area contributed by atoms with E-state index in [-0.39, 0.29) is 6.04 Å². The second-order valence-electron chi connectivity index (χ2n) is 4.30. The lowest BCUT2D eigenvalue weighted by Gasteiger charge is -2.04. The van der Waals surface area contributed by atoms with Gasteiger partial charge in [-0.2, -0.15) is 0 Å². The van der Waals surface area contributed by atoms with Crippen LogP contribution in [-0.2, 0) is 6.42 Å². The second kappa shape index (κ2) is 3.70. The molecule has 0 amide bonds. The van der Waals surface area contributed by atoms with Crippen molar-refractivity contribution >= 4 is 11.0 Å². The fourth-order valence-corrected chi connectivity index (χ4v) is 1.89. The van der Waals surface area contributed by atoms with Crippen LogP contribution in [0.1, 0.15) is 23.8 Å². The van der Waals surface area contributed by atoms with E-state index in [2.05, 4.69) is 25.1 Å². The number of hydrogen-bond acceptors (Lipinski definition) is 2. The fourth-order valence-electron chi connectivity index (χ4n) is 1.89. The number of furan rings is 1. The Labute approximate surface area is 90.1 Å². The zero-order chi connectivity index (χ0) is 11.0. The lowest BCUT2D eigenvalue weighted by molar-refractivity contribution is 0.574. The van der Waals surface area contributed by atoms with Crippen LogP contribution in [0.15, 0.2) is 22.6 Å². The molecule has 0 aliphatic carbocycles. The maximum Gasteiger partial charge on any atom is 0.134 e. The minimum Gasteiger partial charge on any atom is -0.461 e.